The molecular weight excluding hydrogens is 536 g/mol. The van der Waals surface area contributed by atoms with Gasteiger partial charge in [0.1, 0.15) is 0 Å². The lowest BCUT2D eigenvalue weighted by Gasteiger charge is -2.28. The minimum atomic E-state index is -0.464. The van der Waals surface area contributed by atoms with E-state index in [1.165, 1.54) is 28.3 Å². The van der Waals surface area contributed by atoms with Gasteiger partial charge in [0.15, 0.2) is 11.5 Å². The molecule has 1 N–H and O–H groups in total. The van der Waals surface area contributed by atoms with E-state index in [-0.39, 0.29) is 10.5 Å². The molecule has 4 rings (SSSR count). The molecule has 1 fully saturated rings. The van der Waals surface area contributed by atoms with Crippen molar-refractivity contribution in [1.29, 1.82) is 0 Å². The van der Waals surface area contributed by atoms with Crippen molar-refractivity contribution in [2.24, 2.45) is 5.10 Å². The number of anilines is 1. The molecule has 2 heterocycles. The van der Waals surface area contributed by atoms with Crippen LogP contribution in [0.15, 0.2) is 47.6 Å². The van der Waals surface area contributed by atoms with E-state index < -0.39 is 6.09 Å². The van der Waals surface area contributed by atoms with Gasteiger partial charge in [0.25, 0.3) is 0 Å². The standard InChI is InChI=1S/C28H36N4O5S2/c1-4-25-26(21-8-11-23(35-2)24(18-21)36-3)30-32(28(34)39-25)19-20-6-9-22(10-7-20)29-27(33)37-15-5-12-31-13-16-38-17-14-31/h6-11,18,25H,4-5,12-17,19H2,1-3H3,(H,29,33). The third kappa shape index (κ3) is 8.06. The van der Waals surface area contributed by atoms with Gasteiger partial charge in [-0.2, -0.15) is 16.9 Å². The van der Waals surface area contributed by atoms with Crippen LogP contribution in [0, 0.1) is 0 Å². The minimum Gasteiger partial charge on any atom is -0.493 e. The zero-order valence-corrected chi connectivity index (χ0v) is 24.3. The number of carbonyl (C=O) groups excluding carboxylic acids is 2. The van der Waals surface area contributed by atoms with Gasteiger partial charge in [-0.3, -0.25) is 10.1 Å². The molecule has 1 unspecified atom stereocenters. The maximum Gasteiger partial charge on any atom is 0.411 e. The molecule has 2 aliphatic rings. The second-order valence-electron chi connectivity index (χ2n) is 9.16. The summed E-state index contributed by atoms with van der Waals surface area (Å²) in [7, 11) is 3.20. The lowest BCUT2D eigenvalue weighted by atomic mass is 10.0. The van der Waals surface area contributed by atoms with Crippen LogP contribution in [0.4, 0.5) is 15.3 Å². The lowest BCUT2D eigenvalue weighted by Crippen LogP contribution is -2.34. The van der Waals surface area contributed by atoms with E-state index in [0.717, 1.165) is 49.3 Å². The summed E-state index contributed by atoms with van der Waals surface area (Å²) in [4.78, 5) is 27.5. The van der Waals surface area contributed by atoms with E-state index in [2.05, 4.69) is 10.2 Å². The van der Waals surface area contributed by atoms with Gasteiger partial charge in [-0.05, 0) is 48.7 Å². The van der Waals surface area contributed by atoms with Crippen LogP contribution >= 0.6 is 23.5 Å². The van der Waals surface area contributed by atoms with Gasteiger partial charge in [0.2, 0.25) is 0 Å². The van der Waals surface area contributed by atoms with Crippen LogP contribution in [0.5, 0.6) is 11.5 Å². The molecule has 11 heteroatoms. The number of benzene rings is 2. The maximum absolute atomic E-state index is 12.9. The summed E-state index contributed by atoms with van der Waals surface area (Å²) in [5.74, 6) is 3.60. The number of thioether (sulfide) groups is 2. The molecule has 0 bridgehead atoms. The zero-order valence-electron chi connectivity index (χ0n) is 22.7. The van der Waals surface area contributed by atoms with Crippen molar-refractivity contribution < 1.29 is 23.8 Å². The monoisotopic (exact) mass is 572 g/mol. The van der Waals surface area contributed by atoms with E-state index in [0.29, 0.717) is 30.3 Å². The molecule has 2 aromatic carbocycles. The summed E-state index contributed by atoms with van der Waals surface area (Å²) < 4.78 is 16.2. The zero-order chi connectivity index (χ0) is 27.6. The van der Waals surface area contributed by atoms with Crippen LogP contribution < -0.4 is 14.8 Å². The Morgan fingerprint density at radius 3 is 2.51 bits per heavy atom. The Hall–Kier alpha value is -2.89. The summed E-state index contributed by atoms with van der Waals surface area (Å²) in [5, 5.41) is 8.85. The summed E-state index contributed by atoms with van der Waals surface area (Å²) in [6.07, 6.45) is 1.13. The van der Waals surface area contributed by atoms with Gasteiger partial charge in [-0.1, -0.05) is 30.8 Å². The van der Waals surface area contributed by atoms with E-state index in [9.17, 15) is 9.59 Å². The number of hydrogen-bond acceptors (Lipinski definition) is 9. The first kappa shape index (κ1) is 29.1. The Labute approximate surface area is 238 Å². The van der Waals surface area contributed by atoms with E-state index in [4.69, 9.17) is 19.3 Å². The Balaban J connectivity index is 1.33. The third-order valence-corrected chi connectivity index (χ3v) is 8.72. The van der Waals surface area contributed by atoms with Gasteiger partial charge in [0.05, 0.1) is 38.3 Å². The molecule has 2 aliphatic heterocycles. The van der Waals surface area contributed by atoms with E-state index >= 15 is 0 Å². The first-order valence-corrected chi connectivity index (χ1v) is 15.2. The predicted octanol–water partition coefficient (Wildman–Crippen LogP) is 5.54. The molecule has 2 aromatic rings. The molecule has 1 saturated heterocycles. The molecule has 2 amide bonds. The highest BCUT2D eigenvalue weighted by Crippen LogP contribution is 2.33. The second-order valence-corrected chi connectivity index (χ2v) is 11.5. The second kappa shape index (κ2) is 14.5. The number of methoxy groups -OCH3 is 2. The Morgan fingerprint density at radius 1 is 1.08 bits per heavy atom. The summed E-state index contributed by atoms with van der Waals surface area (Å²) in [6.45, 7) is 5.91. The van der Waals surface area contributed by atoms with Crippen LogP contribution in [-0.2, 0) is 11.3 Å². The van der Waals surface area contributed by atoms with Crippen LogP contribution in [0.1, 0.15) is 30.9 Å². The number of hydrogen-bond donors (Lipinski definition) is 1. The largest absolute Gasteiger partial charge is 0.493 e. The number of carbonyl (C=O) groups is 2. The fraction of sp³-hybridized carbons (Fsp3) is 0.464. The van der Waals surface area contributed by atoms with Gasteiger partial charge < -0.3 is 19.1 Å². The highest BCUT2D eigenvalue weighted by molar-refractivity contribution is 8.14. The van der Waals surface area contributed by atoms with Crippen molar-refractivity contribution in [3.63, 3.8) is 0 Å². The maximum atomic E-state index is 12.9. The van der Waals surface area contributed by atoms with Crippen LogP contribution in [-0.4, -0.2) is 84.2 Å². The molecule has 9 nitrogen and oxygen atoms in total. The van der Waals surface area contributed by atoms with Gasteiger partial charge in [-0.25, -0.2) is 9.80 Å². The topological polar surface area (TPSA) is 92.7 Å². The Morgan fingerprint density at radius 2 is 1.82 bits per heavy atom. The average Bonchev–Trinajstić information content (AvgIpc) is 2.97. The van der Waals surface area contributed by atoms with Crippen LogP contribution in [0.25, 0.3) is 0 Å². The molecule has 39 heavy (non-hydrogen) atoms. The first-order chi connectivity index (χ1) is 19.0. The van der Waals surface area contributed by atoms with Crippen molar-refractivity contribution in [3.05, 3.63) is 53.6 Å². The fourth-order valence-corrected chi connectivity index (χ4v) is 6.30. The fourth-order valence-electron chi connectivity index (χ4n) is 4.39. The summed E-state index contributed by atoms with van der Waals surface area (Å²) in [5.41, 5.74) is 3.24. The molecule has 210 valence electrons. The molecule has 0 radical (unpaired) electrons. The quantitative estimate of drug-likeness (QED) is 0.351. The molecule has 0 aliphatic carbocycles. The van der Waals surface area contributed by atoms with Crippen LogP contribution in [0.2, 0.25) is 0 Å². The minimum absolute atomic E-state index is 0.0525. The van der Waals surface area contributed by atoms with Crippen molar-refractivity contribution in [1.82, 2.24) is 9.91 Å². The van der Waals surface area contributed by atoms with Crippen molar-refractivity contribution in [2.45, 2.75) is 31.6 Å². The van der Waals surface area contributed by atoms with Gasteiger partial charge >= 0.3 is 11.3 Å². The molecular formula is C28H36N4O5S2. The Bertz CT molecular complexity index is 1160. The molecule has 0 saturated carbocycles. The number of hydrazone groups is 1. The van der Waals surface area contributed by atoms with Crippen molar-refractivity contribution in [2.75, 3.05) is 57.3 Å². The highest BCUT2D eigenvalue weighted by Gasteiger charge is 2.30. The van der Waals surface area contributed by atoms with Gasteiger partial charge in [0, 0.05) is 42.4 Å². The molecule has 0 aromatic heterocycles. The van der Waals surface area contributed by atoms with E-state index in [1.54, 1.807) is 26.4 Å². The van der Waals surface area contributed by atoms with E-state index in [1.807, 2.05) is 49.0 Å². The van der Waals surface area contributed by atoms with Crippen LogP contribution in [0.3, 0.4) is 0 Å². The molecule has 0 spiro atoms. The van der Waals surface area contributed by atoms with Gasteiger partial charge in [-0.15, -0.1) is 0 Å². The number of amides is 2. The summed E-state index contributed by atoms with van der Waals surface area (Å²) >= 11 is 3.26. The average molecular weight is 573 g/mol. The summed E-state index contributed by atoms with van der Waals surface area (Å²) in [6, 6.07) is 13.0. The first-order valence-electron chi connectivity index (χ1n) is 13.1. The number of nitrogens with one attached hydrogen (secondary N) is 1. The van der Waals surface area contributed by atoms with Crippen molar-refractivity contribution >= 4 is 46.3 Å². The number of rotatable bonds is 11. The SMILES string of the molecule is CCC1SC(=O)N(Cc2ccc(NC(=O)OCCCN3CCSCC3)cc2)N=C1c1ccc(OC)c(OC)c1. The lowest BCUT2D eigenvalue weighted by molar-refractivity contribution is 0.153. The predicted molar refractivity (Wildman–Crippen MR) is 158 cm³/mol. The molecule has 1 atom stereocenters. The number of nitrogens with zero attached hydrogens (tertiary/aromatic N) is 3. The number of ether oxygens (including phenoxy) is 3. The van der Waals surface area contributed by atoms with Crippen molar-refractivity contribution in [3.8, 4) is 11.5 Å². The Kier molecular flexibility index (Phi) is 10.8. The third-order valence-electron chi connectivity index (χ3n) is 6.53. The normalized spacial score (nSPS) is 17.9. The smallest absolute Gasteiger partial charge is 0.411 e. The highest BCUT2D eigenvalue weighted by atomic mass is 32.2.